The number of hydrogen-bond donors (Lipinski definition) is 1. The molecule has 0 heterocycles. The lowest BCUT2D eigenvalue weighted by Crippen LogP contribution is -2.22. The topological polar surface area (TPSA) is 12.0 Å². The summed E-state index contributed by atoms with van der Waals surface area (Å²) in [6.07, 6.45) is 5.10. The molecular formula is C14H19Cl2N. The lowest BCUT2D eigenvalue weighted by Gasteiger charge is -2.19. The minimum atomic E-state index is 0.402. The second kappa shape index (κ2) is 6.08. The third kappa shape index (κ3) is 4.17. The van der Waals surface area contributed by atoms with Gasteiger partial charge in [-0.25, -0.2) is 0 Å². The summed E-state index contributed by atoms with van der Waals surface area (Å²) in [5.41, 5.74) is 1.22. The standard InChI is InChI=1S/C14H19Cl2N/c1-2-5-17-14(6-10-3-4-10)11-7-12(15)9-13(16)8-11/h7-10,14,17H,2-6H2,1H3. The molecule has 1 aliphatic carbocycles. The Kier molecular flexibility index (Phi) is 4.72. The van der Waals surface area contributed by atoms with Crippen LogP contribution in [0.4, 0.5) is 0 Å². The summed E-state index contributed by atoms with van der Waals surface area (Å²) >= 11 is 12.1. The molecule has 1 atom stereocenters. The fourth-order valence-electron chi connectivity index (χ4n) is 2.12. The van der Waals surface area contributed by atoms with Crippen molar-refractivity contribution < 1.29 is 0 Å². The van der Waals surface area contributed by atoms with Crippen molar-refractivity contribution in [2.45, 2.75) is 38.6 Å². The molecule has 0 spiro atoms. The number of benzene rings is 1. The molecule has 1 nitrogen and oxygen atoms in total. The van der Waals surface area contributed by atoms with Crippen molar-refractivity contribution in [3.8, 4) is 0 Å². The molecule has 1 aromatic carbocycles. The van der Waals surface area contributed by atoms with Gasteiger partial charge in [-0.15, -0.1) is 0 Å². The van der Waals surface area contributed by atoms with Gasteiger partial charge in [0.25, 0.3) is 0 Å². The zero-order valence-electron chi connectivity index (χ0n) is 10.2. The van der Waals surface area contributed by atoms with Gasteiger partial charge in [0.1, 0.15) is 0 Å². The molecule has 1 unspecified atom stereocenters. The minimum absolute atomic E-state index is 0.402. The highest BCUT2D eigenvalue weighted by Gasteiger charge is 2.26. The highest BCUT2D eigenvalue weighted by Crippen LogP contribution is 2.38. The predicted octanol–water partition coefficient (Wildman–Crippen LogP) is 4.83. The summed E-state index contributed by atoms with van der Waals surface area (Å²) in [6, 6.07) is 6.26. The molecule has 1 N–H and O–H groups in total. The van der Waals surface area contributed by atoms with Gasteiger partial charge in [-0.1, -0.05) is 43.0 Å². The Bertz CT molecular complexity index is 354. The van der Waals surface area contributed by atoms with Crippen molar-refractivity contribution >= 4 is 23.2 Å². The maximum Gasteiger partial charge on any atom is 0.0424 e. The van der Waals surface area contributed by atoms with E-state index in [-0.39, 0.29) is 0 Å². The molecule has 0 radical (unpaired) electrons. The molecule has 1 saturated carbocycles. The molecule has 2 rings (SSSR count). The first kappa shape index (κ1) is 13.2. The highest BCUT2D eigenvalue weighted by atomic mass is 35.5. The average molecular weight is 272 g/mol. The Morgan fingerprint density at radius 2 is 1.88 bits per heavy atom. The Morgan fingerprint density at radius 3 is 2.41 bits per heavy atom. The summed E-state index contributed by atoms with van der Waals surface area (Å²) in [7, 11) is 0. The monoisotopic (exact) mass is 271 g/mol. The van der Waals surface area contributed by atoms with E-state index in [0.29, 0.717) is 6.04 Å². The van der Waals surface area contributed by atoms with E-state index in [2.05, 4.69) is 12.2 Å². The molecule has 0 bridgehead atoms. The van der Waals surface area contributed by atoms with Crippen LogP contribution in [0.2, 0.25) is 10.0 Å². The lowest BCUT2D eigenvalue weighted by molar-refractivity contribution is 0.474. The van der Waals surface area contributed by atoms with Gasteiger partial charge in [-0.05, 0) is 49.1 Å². The van der Waals surface area contributed by atoms with Crippen molar-refractivity contribution in [1.29, 1.82) is 0 Å². The largest absolute Gasteiger partial charge is 0.310 e. The van der Waals surface area contributed by atoms with Gasteiger partial charge in [0.2, 0.25) is 0 Å². The molecule has 3 heteroatoms. The van der Waals surface area contributed by atoms with Gasteiger partial charge in [-0.3, -0.25) is 0 Å². The van der Waals surface area contributed by atoms with E-state index < -0.39 is 0 Å². The van der Waals surface area contributed by atoms with Gasteiger partial charge >= 0.3 is 0 Å². The summed E-state index contributed by atoms with van der Waals surface area (Å²) in [5, 5.41) is 5.05. The zero-order chi connectivity index (χ0) is 12.3. The Balaban J connectivity index is 2.10. The van der Waals surface area contributed by atoms with Crippen molar-refractivity contribution in [2.24, 2.45) is 5.92 Å². The second-order valence-electron chi connectivity index (χ2n) is 4.89. The van der Waals surface area contributed by atoms with E-state index in [1.807, 2.05) is 12.1 Å². The van der Waals surface area contributed by atoms with Crippen LogP contribution in [-0.4, -0.2) is 6.54 Å². The van der Waals surface area contributed by atoms with Crippen LogP contribution in [0.15, 0.2) is 18.2 Å². The van der Waals surface area contributed by atoms with Crippen molar-refractivity contribution in [3.63, 3.8) is 0 Å². The van der Waals surface area contributed by atoms with Crippen molar-refractivity contribution in [1.82, 2.24) is 5.32 Å². The summed E-state index contributed by atoms with van der Waals surface area (Å²) in [5.74, 6) is 0.891. The fourth-order valence-corrected chi connectivity index (χ4v) is 2.66. The van der Waals surface area contributed by atoms with Crippen LogP contribution in [-0.2, 0) is 0 Å². The van der Waals surface area contributed by atoms with Gasteiger partial charge in [-0.2, -0.15) is 0 Å². The van der Waals surface area contributed by atoms with E-state index in [1.165, 1.54) is 24.8 Å². The van der Waals surface area contributed by atoms with Crippen LogP contribution in [0.1, 0.15) is 44.2 Å². The predicted molar refractivity (Wildman–Crippen MR) is 74.8 cm³/mol. The van der Waals surface area contributed by atoms with Gasteiger partial charge in [0.15, 0.2) is 0 Å². The van der Waals surface area contributed by atoms with E-state index >= 15 is 0 Å². The van der Waals surface area contributed by atoms with Crippen LogP contribution in [0.25, 0.3) is 0 Å². The zero-order valence-corrected chi connectivity index (χ0v) is 11.7. The number of halogens is 2. The van der Waals surface area contributed by atoms with Crippen molar-refractivity contribution in [2.75, 3.05) is 6.54 Å². The summed E-state index contributed by atoms with van der Waals surface area (Å²) in [4.78, 5) is 0. The Hall–Kier alpha value is -0.240. The van der Waals surface area contributed by atoms with Crippen LogP contribution < -0.4 is 5.32 Å². The molecule has 1 aromatic rings. The number of hydrogen-bond acceptors (Lipinski definition) is 1. The first-order valence-corrected chi connectivity index (χ1v) is 7.14. The lowest BCUT2D eigenvalue weighted by atomic mass is 10.0. The Morgan fingerprint density at radius 1 is 1.24 bits per heavy atom. The molecule has 0 aromatic heterocycles. The number of rotatable bonds is 6. The van der Waals surface area contributed by atoms with Crippen LogP contribution in [0, 0.1) is 5.92 Å². The molecule has 1 fully saturated rings. The van der Waals surface area contributed by atoms with E-state index in [4.69, 9.17) is 23.2 Å². The van der Waals surface area contributed by atoms with Crippen LogP contribution in [0.3, 0.4) is 0 Å². The van der Waals surface area contributed by atoms with Gasteiger partial charge in [0.05, 0.1) is 0 Å². The summed E-state index contributed by atoms with van der Waals surface area (Å²) < 4.78 is 0. The molecule has 1 aliphatic rings. The Labute approximate surface area is 114 Å². The van der Waals surface area contributed by atoms with E-state index in [9.17, 15) is 0 Å². The number of nitrogens with one attached hydrogen (secondary N) is 1. The van der Waals surface area contributed by atoms with E-state index in [1.54, 1.807) is 6.07 Å². The molecular weight excluding hydrogens is 253 g/mol. The smallest absolute Gasteiger partial charge is 0.0424 e. The second-order valence-corrected chi connectivity index (χ2v) is 5.76. The third-order valence-corrected chi connectivity index (χ3v) is 3.63. The molecule has 0 aliphatic heterocycles. The van der Waals surface area contributed by atoms with Crippen LogP contribution >= 0.6 is 23.2 Å². The minimum Gasteiger partial charge on any atom is -0.310 e. The first-order valence-electron chi connectivity index (χ1n) is 6.38. The summed E-state index contributed by atoms with van der Waals surface area (Å²) in [6.45, 7) is 3.23. The van der Waals surface area contributed by atoms with Gasteiger partial charge in [0, 0.05) is 16.1 Å². The maximum atomic E-state index is 6.07. The van der Waals surface area contributed by atoms with Crippen molar-refractivity contribution in [3.05, 3.63) is 33.8 Å². The highest BCUT2D eigenvalue weighted by molar-refractivity contribution is 6.34. The molecule has 94 valence electrons. The molecule has 17 heavy (non-hydrogen) atoms. The third-order valence-electron chi connectivity index (χ3n) is 3.19. The average Bonchev–Trinajstić information content (AvgIpc) is 3.06. The van der Waals surface area contributed by atoms with Gasteiger partial charge < -0.3 is 5.32 Å². The van der Waals surface area contributed by atoms with E-state index in [0.717, 1.165) is 28.9 Å². The normalized spacial score (nSPS) is 17.1. The quantitative estimate of drug-likeness (QED) is 0.781. The first-order chi connectivity index (χ1) is 8.19. The fraction of sp³-hybridized carbons (Fsp3) is 0.571. The molecule has 0 amide bonds. The maximum absolute atomic E-state index is 6.07. The SMILES string of the molecule is CCCNC(CC1CC1)c1cc(Cl)cc(Cl)c1. The molecule has 0 saturated heterocycles. The van der Waals surface area contributed by atoms with Crippen LogP contribution in [0.5, 0.6) is 0 Å².